The molecule has 0 aliphatic rings. The van der Waals surface area contributed by atoms with E-state index in [2.05, 4.69) is 10.3 Å². The Bertz CT molecular complexity index is 618. The van der Waals surface area contributed by atoms with Crippen molar-refractivity contribution in [1.29, 1.82) is 0 Å². The third kappa shape index (κ3) is 4.03. The Kier molecular flexibility index (Phi) is 4.62. The van der Waals surface area contributed by atoms with Gasteiger partial charge in [0.25, 0.3) is 0 Å². The average Bonchev–Trinajstić information content (AvgIpc) is 2.96. The number of rotatable bonds is 5. The van der Waals surface area contributed by atoms with Crippen LogP contribution in [0.3, 0.4) is 0 Å². The molecule has 2 heterocycles. The number of carboxylic acid groups (broad SMARTS) is 1. The van der Waals surface area contributed by atoms with Crippen molar-refractivity contribution in [2.24, 2.45) is 0 Å². The van der Waals surface area contributed by atoms with Gasteiger partial charge >= 0.3 is 5.97 Å². The zero-order chi connectivity index (χ0) is 14.4. The van der Waals surface area contributed by atoms with E-state index in [0.29, 0.717) is 6.54 Å². The minimum Gasteiger partial charge on any atom is -0.477 e. The number of thiophene rings is 1. The van der Waals surface area contributed by atoms with Gasteiger partial charge in [0.2, 0.25) is 5.91 Å². The molecule has 0 radical (unpaired) electrons. The van der Waals surface area contributed by atoms with Gasteiger partial charge in [-0.2, -0.15) is 0 Å². The molecule has 102 valence electrons. The van der Waals surface area contributed by atoms with Crippen LogP contribution in [0.15, 0.2) is 41.9 Å². The highest BCUT2D eigenvalue weighted by Gasteiger charge is 2.03. The summed E-state index contributed by atoms with van der Waals surface area (Å²) >= 11 is 1.55. The highest BCUT2D eigenvalue weighted by atomic mass is 32.1. The zero-order valence-corrected chi connectivity index (χ0v) is 11.3. The lowest BCUT2D eigenvalue weighted by Crippen LogP contribution is -2.20. The number of nitrogens with zero attached hydrogens (tertiary/aromatic N) is 1. The molecule has 0 aliphatic carbocycles. The summed E-state index contributed by atoms with van der Waals surface area (Å²) in [6, 6.07) is 6.87. The number of amides is 1. The summed E-state index contributed by atoms with van der Waals surface area (Å²) in [4.78, 5) is 27.0. The molecule has 0 saturated heterocycles. The summed E-state index contributed by atoms with van der Waals surface area (Å²) in [5.74, 6) is -1.28. The maximum atomic E-state index is 11.6. The number of carbonyl (C=O) groups is 2. The van der Waals surface area contributed by atoms with Crippen LogP contribution in [0.4, 0.5) is 0 Å². The molecule has 0 atom stereocenters. The second-order valence-electron chi connectivity index (χ2n) is 3.92. The predicted octanol–water partition coefficient (Wildman–Crippen LogP) is 2.17. The van der Waals surface area contributed by atoms with E-state index in [1.165, 1.54) is 18.3 Å². The second-order valence-corrected chi connectivity index (χ2v) is 4.90. The van der Waals surface area contributed by atoms with Crippen LogP contribution >= 0.6 is 11.3 Å². The number of hydrogen-bond donors (Lipinski definition) is 2. The van der Waals surface area contributed by atoms with Crippen LogP contribution in [0, 0.1) is 0 Å². The number of carboxylic acids is 1. The van der Waals surface area contributed by atoms with Gasteiger partial charge in [-0.25, -0.2) is 9.78 Å². The summed E-state index contributed by atoms with van der Waals surface area (Å²) in [5.41, 5.74) is 0.727. The van der Waals surface area contributed by atoms with Crippen molar-refractivity contribution in [2.75, 3.05) is 0 Å². The average molecular weight is 288 g/mol. The normalized spacial score (nSPS) is 10.6. The van der Waals surface area contributed by atoms with Gasteiger partial charge in [0.05, 0.1) is 0 Å². The fourth-order valence-electron chi connectivity index (χ4n) is 1.45. The van der Waals surface area contributed by atoms with Crippen LogP contribution in [0.2, 0.25) is 0 Å². The predicted molar refractivity (Wildman–Crippen MR) is 76.4 cm³/mol. The second kappa shape index (κ2) is 6.63. The molecule has 0 fully saturated rings. The molecule has 0 saturated carbocycles. The Morgan fingerprint density at radius 3 is 2.80 bits per heavy atom. The van der Waals surface area contributed by atoms with Crippen molar-refractivity contribution < 1.29 is 14.7 Å². The SMILES string of the molecule is O=C(/C=C/c1cccs1)NCc1ccc(C(=O)O)nc1. The molecule has 5 nitrogen and oxygen atoms in total. The van der Waals surface area contributed by atoms with E-state index in [1.54, 1.807) is 23.5 Å². The van der Waals surface area contributed by atoms with Crippen LogP contribution < -0.4 is 5.32 Å². The minimum absolute atomic E-state index is 0.0160. The van der Waals surface area contributed by atoms with Crippen molar-refractivity contribution in [3.63, 3.8) is 0 Å². The van der Waals surface area contributed by atoms with E-state index in [1.807, 2.05) is 17.5 Å². The molecule has 20 heavy (non-hydrogen) atoms. The molecule has 0 aromatic carbocycles. The summed E-state index contributed by atoms with van der Waals surface area (Å²) in [5, 5.41) is 13.4. The van der Waals surface area contributed by atoms with Gasteiger partial charge in [-0.05, 0) is 29.2 Å². The van der Waals surface area contributed by atoms with Gasteiger partial charge in [0.15, 0.2) is 0 Å². The smallest absolute Gasteiger partial charge is 0.354 e. The highest BCUT2D eigenvalue weighted by molar-refractivity contribution is 7.10. The zero-order valence-electron chi connectivity index (χ0n) is 10.4. The maximum absolute atomic E-state index is 11.6. The lowest BCUT2D eigenvalue weighted by atomic mass is 10.2. The van der Waals surface area contributed by atoms with Crippen LogP contribution in [-0.2, 0) is 11.3 Å². The molecule has 0 aliphatic heterocycles. The van der Waals surface area contributed by atoms with E-state index in [0.717, 1.165) is 10.4 Å². The Morgan fingerprint density at radius 1 is 1.35 bits per heavy atom. The van der Waals surface area contributed by atoms with E-state index in [-0.39, 0.29) is 11.6 Å². The first kappa shape index (κ1) is 14.0. The molecule has 0 unspecified atom stereocenters. The van der Waals surface area contributed by atoms with Crippen molar-refractivity contribution in [3.05, 3.63) is 58.1 Å². The van der Waals surface area contributed by atoms with Crippen molar-refractivity contribution in [2.45, 2.75) is 6.54 Å². The number of aromatic nitrogens is 1. The Hall–Kier alpha value is -2.47. The van der Waals surface area contributed by atoms with Crippen molar-refractivity contribution >= 4 is 29.3 Å². The van der Waals surface area contributed by atoms with Gasteiger partial charge in [-0.3, -0.25) is 4.79 Å². The minimum atomic E-state index is -1.07. The number of nitrogens with one attached hydrogen (secondary N) is 1. The first-order chi connectivity index (χ1) is 9.65. The van der Waals surface area contributed by atoms with E-state index in [4.69, 9.17) is 5.11 Å². The first-order valence-electron chi connectivity index (χ1n) is 5.83. The molecule has 6 heteroatoms. The molecule has 2 rings (SSSR count). The number of aromatic carboxylic acids is 1. The van der Waals surface area contributed by atoms with Gasteiger partial charge in [-0.15, -0.1) is 11.3 Å². The van der Waals surface area contributed by atoms with Crippen LogP contribution in [-0.4, -0.2) is 22.0 Å². The molecule has 2 aromatic rings. The summed E-state index contributed by atoms with van der Waals surface area (Å²) in [7, 11) is 0. The topological polar surface area (TPSA) is 79.3 Å². The van der Waals surface area contributed by atoms with E-state index >= 15 is 0 Å². The molecule has 2 aromatic heterocycles. The van der Waals surface area contributed by atoms with Crippen LogP contribution in [0.5, 0.6) is 0 Å². The number of pyridine rings is 1. The quantitative estimate of drug-likeness (QED) is 0.826. The third-order valence-corrected chi connectivity index (χ3v) is 3.29. The Labute approximate surface area is 119 Å². The molecular weight excluding hydrogens is 276 g/mol. The summed E-state index contributed by atoms with van der Waals surface area (Å²) in [6.45, 7) is 0.306. The van der Waals surface area contributed by atoms with Crippen molar-refractivity contribution in [1.82, 2.24) is 10.3 Å². The largest absolute Gasteiger partial charge is 0.477 e. The van der Waals surface area contributed by atoms with E-state index in [9.17, 15) is 9.59 Å². The van der Waals surface area contributed by atoms with Gasteiger partial charge in [-0.1, -0.05) is 12.1 Å². The summed E-state index contributed by atoms with van der Waals surface area (Å²) in [6.07, 6.45) is 4.64. The number of hydrogen-bond acceptors (Lipinski definition) is 4. The maximum Gasteiger partial charge on any atom is 0.354 e. The molecule has 0 spiro atoms. The first-order valence-corrected chi connectivity index (χ1v) is 6.71. The molecule has 2 N–H and O–H groups in total. The Morgan fingerprint density at radius 2 is 2.20 bits per heavy atom. The fourth-order valence-corrected chi connectivity index (χ4v) is 2.07. The molecule has 1 amide bonds. The van der Waals surface area contributed by atoms with Gasteiger partial charge < -0.3 is 10.4 Å². The Balaban J connectivity index is 1.85. The highest BCUT2D eigenvalue weighted by Crippen LogP contribution is 2.09. The lowest BCUT2D eigenvalue weighted by molar-refractivity contribution is -0.116. The van der Waals surface area contributed by atoms with Crippen LogP contribution in [0.25, 0.3) is 6.08 Å². The van der Waals surface area contributed by atoms with Gasteiger partial charge in [0, 0.05) is 23.7 Å². The summed E-state index contributed by atoms with van der Waals surface area (Å²) < 4.78 is 0. The molecule has 0 bridgehead atoms. The van der Waals surface area contributed by atoms with Gasteiger partial charge in [0.1, 0.15) is 5.69 Å². The van der Waals surface area contributed by atoms with Crippen molar-refractivity contribution in [3.8, 4) is 0 Å². The molecular formula is C14H12N2O3S. The van der Waals surface area contributed by atoms with E-state index < -0.39 is 5.97 Å². The third-order valence-electron chi connectivity index (χ3n) is 2.45. The van der Waals surface area contributed by atoms with Crippen LogP contribution in [0.1, 0.15) is 20.9 Å². The lowest BCUT2D eigenvalue weighted by Gasteiger charge is -2.02. The fraction of sp³-hybridized carbons (Fsp3) is 0.0714. The standard InChI is InChI=1S/C14H12N2O3S/c17-13(6-4-11-2-1-7-20-11)16-9-10-3-5-12(14(18)19)15-8-10/h1-8H,9H2,(H,16,17)(H,18,19)/b6-4+. The number of carbonyl (C=O) groups excluding carboxylic acids is 1. The monoisotopic (exact) mass is 288 g/mol.